The molecule has 0 fully saturated rings. The number of aromatic nitrogens is 1. The van der Waals surface area contributed by atoms with Crippen LogP contribution in [-0.2, 0) is 16.1 Å². The van der Waals surface area contributed by atoms with E-state index in [2.05, 4.69) is 10.3 Å². The van der Waals surface area contributed by atoms with Crippen LogP contribution in [0.1, 0.15) is 25.6 Å². The van der Waals surface area contributed by atoms with Crippen molar-refractivity contribution in [3.8, 4) is 0 Å². The number of carbonyl (C=O) groups is 1. The van der Waals surface area contributed by atoms with Crippen molar-refractivity contribution in [2.24, 2.45) is 0 Å². The van der Waals surface area contributed by atoms with E-state index in [1.807, 2.05) is 20.8 Å². The minimum Gasteiger partial charge on any atom is -0.366 e. The molecule has 1 aromatic rings. The lowest BCUT2D eigenvalue weighted by molar-refractivity contribution is -0.130. The van der Waals surface area contributed by atoms with E-state index in [0.29, 0.717) is 6.54 Å². The van der Waals surface area contributed by atoms with Crippen LogP contribution >= 0.6 is 11.3 Å². The maximum absolute atomic E-state index is 11.3. The minimum atomic E-state index is -0.276. The van der Waals surface area contributed by atoms with Gasteiger partial charge in [-0.2, -0.15) is 0 Å². The van der Waals surface area contributed by atoms with Crippen LogP contribution in [0.5, 0.6) is 0 Å². The summed E-state index contributed by atoms with van der Waals surface area (Å²) < 4.78 is 5.34. The summed E-state index contributed by atoms with van der Waals surface area (Å²) >= 11 is 1.52. The van der Waals surface area contributed by atoms with Crippen molar-refractivity contribution in [3.63, 3.8) is 0 Å². The van der Waals surface area contributed by atoms with E-state index in [1.165, 1.54) is 11.3 Å². The van der Waals surface area contributed by atoms with Gasteiger partial charge in [0.2, 0.25) is 5.91 Å². The van der Waals surface area contributed by atoms with Crippen LogP contribution in [0, 0.1) is 0 Å². The minimum absolute atomic E-state index is 0.0988. The maximum Gasteiger partial charge on any atom is 0.246 e. The molecule has 0 atom stereocenters. The Morgan fingerprint density at radius 3 is 2.87 bits per heavy atom. The van der Waals surface area contributed by atoms with Crippen LogP contribution in [0.4, 0.5) is 0 Å². The Balaban J connectivity index is 2.20. The largest absolute Gasteiger partial charge is 0.366 e. The first-order chi connectivity index (χ1) is 6.97. The number of amides is 1. The smallest absolute Gasteiger partial charge is 0.246 e. The maximum atomic E-state index is 11.3. The number of rotatable bonds is 4. The zero-order chi connectivity index (χ0) is 11.3. The predicted octanol–water partition coefficient (Wildman–Crippen LogP) is 1.57. The number of hydrogen-bond acceptors (Lipinski definition) is 4. The lowest BCUT2D eigenvalue weighted by Gasteiger charge is -2.18. The molecule has 4 nitrogen and oxygen atoms in total. The normalized spacial score (nSPS) is 11.4. The molecule has 1 rings (SSSR count). The van der Waals surface area contributed by atoms with Gasteiger partial charge in [0.1, 0.15) is 6.61 Å². The highest BCUT2D eigenvalue weighted by Crippen LogP contribution is 2.06. The van der Waals surface area contributed by atoms with Gasteiger partial charge in [0.25, 0.3) is 0 Å². The summed E-state index contributed by atoms with van der Waals surface area (Å²) in [6.07, 6.45) is 1.75. The summed E-state index contributed by atoms with van der Waals surface area (Å²) in [5.41, 5.74) is 1.47. The van der Waals surface area contributed by atoms with E-state index in [-0.39, 0.29) is 18.1 Å². The number of hydrogen-bond donors (Lipinski definition) is 1. The molecule has 1 N–H and O–H groups in total. The van der Waals surface area contributed by atoms with Crippen LogP contribution in [0.3, 0.4) is 0 Å². The molecular formula is C10H16N2O2S. The summed E-state index contributed by atoms with van der Waals surface area (Å²) in [6.45, 7) is 6.38. The summed E-state index contributed by atoms with van der Waals surface area (Å²) in [4.78, 5) is 16.3. The topological polar surface area (TPSA) is 51.2 Å². The molecule has 0 bridgehead atoms. The van der Waals surface area contributed by atoms with Crippen LogP contribution in [0.25, 0.3) is 0 Å². The third kappa shape index (κ3) is 5.49. The lowest BCUT2D eigenvalue weighted by atomic mass is 10.2. The molecule has 0 spiro atoms. The third-order valence-electron chi connectivity index (χ3n) is 1.58. The first-order valence-electron chi connectivity index (χ1n) is 4.75. The fraction of sp³-hybridized carbons (Fsp3) is 0.600. The van der Waals surface area contributed by atoms with Gasteiger partial charge in [-0.3, -0.25) is 9.78 Å². The Kier molecular flexibility index (Phi) is 4.23. The summed E-state index contributed by atoms with van der Waals surface area (Å²) in [7, 11) is 0. The Morgan fingerprint density at radius 1 is 1.60 bits per heavy atom. The summed E-state index contributed by atoms with van der Waals surface area (Å²) in [5, 5.41) is 2.76. The number of thiazole rings is 1. The molecule has 0 saturated carbocycles. The van der Waals surface area contributed by atoms with Crippen molar-refractivity contribution >= 4 is 17.2 Å². The lowest BCUT2D eigenvalue weighted by Crippen LogP contribution is -2.31. The van der Waals surface area contributed by atoms with Gasteiger partial charge < -0.3 is 10.1 Å². The fourth-order valence-electron chi connectivity index (χ4n) is 0.848. The summed E-state index contributed by atoms with van der Waals surface area (Å²) in [6, 6.07) is 0. The molecule has 15 heavy (non-hydrogen) atoms. The van der Waals surface area contributed by atoms with Crippen LogP contribution in [0.2, 0.25) is 0 Å². The van der Waals surface area contributed by atoms with Gasteiger partial charge >= 0.3 is 0 Å². The molecule has 0 aliphatic heterocycles. The van der Waals surface area contributed by atoms with Crippen LogP contribution in [-0.4, -0.2) is 23.1 Å². The van der Waals surface area contributed by atoms with Crippen LogP contribution in [0.15, 0.2) is 11.7 Å². The number of carbonyl (C=O) groups excluding carboxylic acids is 1. The quantitative estimate of drug-likeness (QED) is 0.851. The molecule has 5 heteroatoms. The van der Waals surface area contributed by atoms with Crippen molar-refractivity contribution in [3.05, 3.63) is 16.6 Å². The van der Waals surface area contributed by atoms with E-state index in [4.69, 9.17) is 4.74 Å². The molecule has 1 amide bonds. The second-order valence-corrected chi connectivity index (χ2v) is 5.12. The molecule has 0 aliphatic rings. The molecule has 84 valence electrons. The van der Waals surface area contributed by atoms with E-state index < -0.39 is 0 Å². The van der Waals surface area contributed by atoms with E-state index in [9.17, 15) is 4.79 Å². The van der Waals surface area contributed by atoms with Crippen molar-refractivity contribution in [2.75, 3.05) is 6.61 Å². The zero-order valence-electron chi connectivity index (χ0n) is 9.24. The van der Waals surface area contributed by atoms with Gasteiger partial charge in [0.15, 0.2) is 0 Å². The second-order valence-electron chi connectivity index (χ2n) is 4.15. The van der Waals surface area contributed by atoms with Crippen LogP contribution < -0.4 is 5.32 Å². The Morgan fingerprint density at radius 2 is 2.33 bits per heavy atom. The van der Waals surface area contributed by atoms with Gasteiger partial charge in [0, 0.05) is 11.1 Å². The Bertz CT molecular complexity index is 304. The average Bonchev–Trinajstić information content (AvgIpc) is 2.62. The van der Waals surface area contributed by atoms with Gasteiger partial charge in [-0.05, 0) is 20.8 Å². The van der Waals surface area contributed by atoms with Gasteiger partial charge in [-0.1, -0.05) is 0 Å². The monoisotopic (exact) mass is 228 g/mol. The predicted molar refractivity (Wildman–Crippen MR) is 59.7 cm³/mol. The van der Waals surface area contributed by atoms with Gasteiger partial charge in [-0.15, -0.1) is 11.3 Å². The van der Waals surface area contributed by atoms with Gasteiger partial charge in [0.05, 0.1) is 17.7 Å². The molecule has 1 aromatic heterocycles. The van der Waals surface area contributed by atoms with Crippen molar-refractivity contribution < 1.29 is 9.53 Å². The molecule has 0 aromatic carbocycles. The Hall–Kier alpha value is -0.940. The number of ether oxygens (including phenoxy) is 1. The van der Waals surface area contributed by atoms with Crippen molar-refractivity contribution in [1.82, 2.24) is 10.3 Å². The SMILES string of the molecule is CC(C)(C)OCC(=O)NCc1cncs1. The van der Waals surface area contributed by atoms with Gasteiger partial charge in [-0.25, -0.2) is 0 Å². The standard InChI is InChI=1S/C10H16N2O2S/c1-10(2,3)14-6-9(13)12-5-8-4-11-7-15-8/h4,7H,5-6H2,1-3H3,(H,12,13). The fourth-order valence-corrected chi connectivity index (χ4v) is 1.38. The average molecular weight is 228 g/mol. The highest BCUT2D eigenvalue weighted by Gasteiger charge is 2.12. The first-order valence-corrected chi connectivity index (χ1v) is 5.63. The summed E-state index contributed by atoms with van der Waals surface area (Å²) in [5.74, 6) is -0.0988. The van der Waals surface area contributed by atoms with E-state index >= 15 is 0 Å². The molecule has 1 heterocycles. The Labute approximate surface area is 93.7 Å². The molecule has 0 saturated heterocycles. The molecular weight excluding hydrogens is 212 g/mol. The molecule has 0 aliphatic carbocycles. The second kappa shape index (κ2) is 5.23. The molecule has 0 radical (unpaired) electrons. The molecule has 0 unspecified atom stereocenters. The highest BCUT2D eigenvalue weighted by molar-refractivity contribution is 7.09. The van der Waals surface area contributed by atoms with E-state index in [1.54, 1.807) is 11.7 Å². The highest BCUT2D eigenvalue weighted by atomic mass is 32.1. The van der Waals surface area contributed by atoms with E-state index in [0.717, 1.165) is 4.88 Å². The third-order valence-corrected chi connectivity index (χ3v) is 2.36. The first kappa shape index (κ1) is 12.1. The van der Waals surface area contributed by atoms with Crippen molar-refractivity contribution in [2.45, 2.75) is 32.9 Å². The zero-order valence-corrected chi connectivity index (χ0v) is 10.1. The number of nitrogens with zero attached hydrogens (tertiary/aromatic N) is 1. The number of nitrogens with one attached hydrogen (secondary N) is 1. The van der Waals surface area contributed by atoms with Crippen molar-refractivity contribution in [1.29, 1.82) is 0 Å².